The topological polar surface area (TPSA) is 93.2 Å². The molecule has 8 nitrogen and oxygen atoms in total. The van der Waals surface area contributed by atoms with Gasteiger partial charge in [0.15, 0.2) is 0 Å². The van der Waals surface area contributed by atoms with Crippen molar-refractivity contribution in [3.63, 3.8) is 0 Å². The molecule has 0 aromatic heterocycles. The first-order valence-corrected chi connectivity index (χ1v) is 25.2. The number of aryl methyl sites for hydroxylation is 1. The number of nitrogens with zero attached hydrogens (tertiary/aromatic N) is 2. The summed E-state index contributed by atoms with van der Waals surface area (Å²) in [4.78, 5) is 57.6. The van der Waals surface area contributed by atoms with Crippen LogP contribution in [0.25, 0.3) is 0 Å². The zero-order chi connectivity index (χ0) is 48.9. The molecule has 73 heavy (non-hydrogen) atoms. The number of halogens is 2. The van der Waals surface area contributed by atoms with Gasteiger partial charge >= 0.3 is 0 Å². The molecule has 9 aromatic rings. The van der Waals surface area contributed by atoms with Gasteiger partial charge in [0.25, 0.3) is 23.6 Å². The predicted molar refractivity (Wildman–Crippen MR) is 283 cm³/mol. The molecule has 2 heterocycles. The number of hydrogen-bond acceptors (Lipinski definition) is 6. The van der Waals surface area contributed by atoms with Crippen LogP contribution in [-0.4, -0.2) is 23.6 Å². The highest BCUT2D eigenvalue weighted by atomic mass is 127. The number of imide groups is 2. The minimum absolute atomic E-state index is 0. The third-order valence-electron chi connectivity index (χ3n) is 13.5. The molecule has 2 aliphatic rings. The first-order valence-electron chi connectivity index (χ1n) is 23.4. The SMILES string of the molecule is Cc1cccc(N2C(=O)c3ccc(Oc4ccc(C(C)(C)c5ccc(Oc6ccc7c(c6)C(=O)N(c6cccc([P+](c8ccccc8)(c8ccccc8)c8ccccc8)c6)C7=O)cc5)cc4)cc3C2=O)c1.[I-].[I-]. The standard InChI is InChI=1S/C62H46N2O6P.2HI/c1-41-15-13-16-44(37-41)63-58(65)54-35-33-48(39-56(54)60(63)67)69-46-29-25-42(26-30-46)62(2,3)43-27-31-47(32-28-43)70-49-34-36-55-57(40-49)61(68)64(59(55)66)45-17-14-24-53(38-45)71(50-18-7-4-8-19-50,51-20-9-5-10-21-51)52-22-11-6-12-23-52;;/h4-40H,1-3H3;2*1H/q+1;;/p-2. The zero-order valence-corrected chi connectivity index (χ0v) is 45.1. The largest absolute Gasteiger partial charge is 1.00 e. The van der Waals surface area contributed by atoms with Gasteiger partial charge in [-0.3, -0.25) is 19.2 Å². The van der Waals surface area contributed by atoms with Gasteiger partial charge in [-0.1, -0.05) is 111 Å². The molecule has 0 unspecified atom stereocenters. The summed E-state index contributed by atoms with van der Waals surface area (Å²) in [5, 5.41) is 4.51. The molecule has 0 bridgehead atoms. The third kappa shape index (κ3) is 9.17. The number of hydrogen-bond donors (Lipinski definition) is 0. The molecule has 0 atom stereocenters. The summed E-state index contributed by atoms with van der Waals surface area (Å²) >= 11 is 0. The van der Waals surface area contributed by atoms with E-state index in [0.29, 0.717) is 51.1 Å². The quantitative estimate of drug-likeness (QED) is 0.0831. The van der Waals surface area contributed by atoms with Crippen molar-refractivity contribution in [1.29, 1.82) is 0 Å². The Hall–Kier alpha value is -7.25. The van der Waals surface area contributed by atoms with Crippen molar-refractivity contribution in [2.75, 3.05) is 9.80 Å². The van der Waals surface area contributed by atoms with Gasteiger partial charge in [-0.05, 0) is 145 Å². The molecule has 11 rings (SSSR count). The van der Waals surface area contributed by atoms with Crippen molar-refractivity contribution >= 4 is 63.5 Å². The Morgan fingerprint density at radius 3 is 1.12 bits per heavy atom. The summed E-state index contributed by atoms with van der Waals surface area (Å²) in [5.41, 5.74) is 4.94. The molecule has 0 aliphatic carbocycles. The number of ether oxygens (including phenoxy) is 2. The van der Waals surface area contributed by atoms with Crippen molar-refractivity contribution in [3.05, 3.63) is 263 Å². The van der Waals surface area contributed by atoms with Crippen LogP contribution in [0, 0.1) is 6.92 Å². The van der Waals surface area contributed by atoms with E-state index in [4.69, 9.17) is 9.47 Å². The number of carbonyl (C=O) groups is 4. The smallest absolute Gasteiger partial charge is 0.266 e. The Balaban J connectivity index is 0.00000328. The van der Waals surface area contributed by atoms with E-state index in [1.165, 1.54) is 9.80 Å². The highest BCUT2D eigenvalue weighted by Crippen LogP contribution is 2.54. The zero-order valence-electron chi connectivity index (χ0n) is 39.9. The van der Waals surface area contributed by atoms with Crippen LogP contribution >= 0.6 is 7.26 Å². The van der Waals surface area contributed by atoms with Crippen LogP contribution in [0.3, 0.4) is 0 Å². The van der Waals surface area contributed by atoms with E-state index in [-0.39, 0.29) is 71.2 Å². The highest BCUT2D eigenvalue weighted by molar-refractivity contribution is 8.01. The molecule has 11 heteroatoms. The second-order valence-electron chi connectivity index (χ2n) is 18.2. The van der Waals surface area contributed by atoms with E-state index >= 15 is 0 Å². The van der Waals surface area contributed by atoms with E-state index in [1.54, 1.807) is 42.5 Å². The van der Waals surface area contributed by atoms with Crippen molar-refractivity contribution in [1.82, 2.24) is 0 Å². The van der Waals surface area contributed by atoms with Gasteiger partial charge in [0, 0.05) is 11.5 Å². The van der Waals surface area contributed by atoms with Gasteiger partial charge < -0.3 is 57.4 Å². The van der Waals surface area contributed by atoms with Crippen molar-refractivity contribution in [2.24, 2.45) is 0 Å². The fourth-order valence-corrected chi connectivity index (χ4v) is 14.1. The maximum atomic E-state index is 14.3. The number of benzene rings is 9. The van der Waals surface area contributed by atoms with E-state index in [2.05, 4.69) is 92.7 Å². The van der Waals surface area contributed by atoms with Crippen LogP contribution in [0.1, 0.15) is 72.0 Å². The van der Waals surface area contributed by atoms with Gasteiger partial charge in [-0.15, -0.1) is 0 Å². The number of rotatable bonds is 12. The lowest BCUT2D eigenvalue weighted by Gasteiger charge is -2.28. The van der Waals surface area contributed by atoms with Crippen LogP contribution in [0.15, 0.2) is 224 Å². The molecule has 0 spiro atoms. The average Bonchev–Trinajstić information content (AvgIpc) is 3.80. The second kappa shape index (κ2) is 20.7. The third-order valence-corrected chi connectivity index (χ3v) is 17.8. The molecular formula is C62H46I2N2O6P-. The first-order chi connectivity index (χ1) is 34.5. The van der Waals surface area contributed by atoms with Gasteiger partial charge in [0.2, 0.25) is 0 Å². The Morgan fingerprint density at radius 1 is 0.356 bits per heavy atom. The number of fused-ring (bicyclic) bond motifs is 2. The molecule has 360 valence electrons. The molecular weight excluding hydrogens is 1150 g/mol. The van der Waals surface area contributed by atoms with E-state index in [1.807, 2.05) is 110 Å². The van der Waals surface area contributed by atoms with Crippen LogP contribution in [-0.2, 0) is 5.41 Å². The Morgan fingerprint density at radius 2 is 0.712 bits per heavy atom. The summed E-state index contributed by atoms with van der Waals surface area (Å²) < 4.78 is 12.5. The number of anilines is 2. The lowest BCUT2D eigenvalue weighted by atomic mass is 9.78. The summed E-state index contributed by atoms with van der Waals surface area (Å²) in [6.07, 6.45) is 0. The Kier molecular flexibility index (Phi) is 14.4. The summed E-state index contributed by atoms with van der Waals surface area (Å²) in [7, 11) is -2.49. The van der Waals surface area contributed by atoms with Crippen molar-refractivity contribution in [2.45, 2.75) is 26.2 Å². The van der Waals surface area contributed by atoms with E-state index in [9.17, 15) is 19.2 Å². The molecule has 9 aromatic carbocycles. The highest BCUT2D eigenvalue weighted by Gasteiger charge is 2.49. The molecule has 0 fully saturated rings. The van der Waals surface area contributed by atoms with Crippen LogP contribution in [0.2, 0.25) is 0 Å². The molecule has 0 N–H and O–H groups in total. The molecule has 2 aliphatic heterocycles. The fraction of sp³-hybridized carbons (Fsp3) is 0.0645. The normalized spacial score (nSPS) is 13.0. The minimum atomic E-state index is -2.49. The number of carbonyl (C=O) groups excluding carboxylic acids is 4. The first kappa shape index (κ1) is 50.7. The summed E-state index contributed by atoms with van der Waals surface area (Å²) in [6.45, 7) is 6.19. The fourth-order valence-electron chi connectivity index (χ4n) is 9.81. The lowest BCUT2D eigenvalue weighted by Crippen LogP contribution is -3.00. The molecule has 0 radical (unpaired) electrons. The van der Waals surface area contributed by atoms with Crippen LogP contribution < -0.4 is 88.4 Å². The number of amides is 4. The summed E-state index contributed by atoms with van der Waals surface area (Å²) in [5.74, 6) is 0.528. The van der Waals surface area contributed by atoms with Crippen LogP contribution in [0.4, 0.5) is 11.4 Å². The lowest BCUT2D eigenvalue weighted by molar-refractivity contribution is -0.001000. The minimum Gasteiger partial charge on any atom is -1.00 e. The van der Waals surface area contributed by atoms with Crippen LogP contribution in [0.5, 0.6) is 23.0 Å². The van der Waals surface area contributed by atoms with E-state index in [0.717, 1.165) is 37.9 Å². The van der Waals surface area contributed by atoms with Crippen molar-refractivity contribution < 1.29 is 76.6 Å². The second-order valence-corrected chi connectivity index (χ2v) is 21.6. The summed E-state index contributed by atoms with van der Waals surface area (Å²) in [6, 6.07) is 72.3. The molecule has 4 amide bonds. The maximum Gasteiger partial charge on any atom is 0.266 e. The monoisotopic (exact) mass is 1200 g/mol. The van der Waals surface area contributed by atoms with Gasteiger partial charge in [-0.2, -0.15) is 0 Å². The van der Waals surface area contributed by atoms with E-state index < -0.39 is 18.6 Å². The van der Waals surface area contributed by atoms with Crippen molar-refractivity contribution in [3.8, 4) is 23.0 Å². The van der Waals surface area contributed by atoms with Gasteiger partial charge in [0.1, 0.15) is 51.5 Å². The molecule has 0 saturated carbocycles. The maximum absolute atomic E-state index is 14.3. The molecule has 0 saturated heterocycles. The average molecular weight is 1200 g/mol. The predicted octanol–water partition coefficient (Wildman–Crippen LogP) is 6.13. The Bertz CT molecular complexity index is 3460. The van der Waals surface area contributed by atoms with Gasteiger partial charge in [0.05, 0.1) is 33.6 Å². The van der Waals surface area contributed by atoms with Gasteiger partial charge in [-0.25, -0.2) is 9.80 Å². The Labute approximate surface area is 459 Å².